The van der Waals surface area contributed by atoms with Crippen molar-refractivity contribution in [1.29, 1.82) is 0 Å². The molecule has 2 aromatic carbocycles. The van der Waals surface area contributed by atoms with Crippen LogP contribution >= 0.6 is 0 Å². The van der Waals surface area contributed by atoms with E-state index < -0.39 is 29.6 Å². The number of para-hydroxylation sites is 2. The Morgan fingerprint density at radius 3 is 2.65 bits per heavy atom. The van der Waals surface area contributed by atoms with E-state index in [-0.39, 0.29) is 11.6 Å². The molecule has 0 bridgehead atoms. The lowest BCUT2D eigenvalue weighted by Gasteiger charge is -2.30. The monoisotopic (exact) mass is 429 g/mol. The number of carbonyl (C=O) groups is 2. The maximum Gasteiger partial charge on any atom is 0.309 e. The maximum atomic E-state index is 13.7. The summed E-state index contributed by atoms with van der Waals surface area (Å²) in [6.07, 6.45) is -0.0659. The molecule has 1 aromatic heterocycles. The molecule has 0 radical (unpaired) electrons. The summed E-state index contributed by atoms with van der Waals surface area (Å²) in [5.41, 5.74) is 1.30. The fourth-order valence-corrected chi connectivity index (χ4v) is 3.45. The van der Waals surface area contributed by atoms with Crippen LogP contribution in [0.15, 0.2) is 46.9 Å². The summed E-state index contributed by atoms with van der Waals surface area (Å²) < 4.78 is 37.7. The first-order chi connectivity index (χ1) is 14.9. The molecule has 0 aliphatic carbocycles. The SMILES string of the molecule is CC(OC(=O)C1CCN(c2nc3ccccc3o2)CC1)C(=O)Nc1ccc(F)cc1F. The largest absolute Gasteiger partial charge is 0.452 e. The summed E-state index contributed by atoms with van der Waals surface area (Å²) in [5.74, 6) is -3.20. The number of piperidine rings is 1. The Hall–Kier alpha value is -3.49. The molecule has 1 aliphatic rings. The molecule has 1 fully saturated rings. The van der Waals surface area contributed by atoms with Gasteiger partial charge in [-0.15, -0.1) is 0 Å². The zero-order valence-electron chi connectivity index (χ0n) is 16.8. The van der Waals surface area contributed by atoms with E-state index in [1.165, 1.54) is 6.92 Å². The number of hydrogen-bond acceptors (Lipinski definition) is 6. The molecule has 1 unspecified atom stereocenters. The standard InChI is InChI=1S/C22H21F2N3O4/c1-13(20(28)25-17-7-6-15(23)12-16(17)24)30-21(29)14-8-10-27(11-9-14)22-26-18-4-2-3-5-19(18)31-22/h2-7,12-14H,8-11H2,1H3,(H,25,28). The number of benzene rings is 2. The van der Waals surface area contributed by atoms with Gasteiger partial charge in [0.2, 0.25) is 0 Å². The molecular formula is C22H21F2N3O4. The number of fused-ring (bicyclic) bond motifs is 1. The highest BCUT2D eigenvalue weighted by atomic mass is 19.1. The molecule has 9 heteroatoms. The van der Waals surface area contributed by atoms with Crippen molar-refractivity contribution in [2.75, 3.05) is 23.3 Å². The van der Waals surface area contributed by atoms with Crippen LogP contribution in [0.25, 0.3) is 11.1 Å². The Balaban J connectivity index is 1.29. The number of carbonyl (C=O) groups excluding carboxylic acids is 2. The van der Waals surface area contributed by atoms with E-state index in [1.807, 2.05) is 29.2 Å². The molecule has 1 N–H and O–H groups in total. The van der Waals surface area contributed by atoms with Gasteiger partial charge in [-0.05, 0) is 44.0 Å². The van der Waals surface area contributed by atoms with Crippen molar-refractivity contribution in [3.63, 3.8) is 0 Å². The zero-order valence-corrected chi connectivity index (χ0v) is 16.8. The second-order valence-corrected chi connectivity index (χ2v) is 7.42. The number of oxazole rings is 1. The second-order valence-electron chi connectivity index (χ2n) is 7.42. The summed E-state index contributed by atoms with van der Waals surface area (Å²) in [7, 11) is 0. The minimum atomic E-state index is -1.12. The predicted molar refractivity (Wildman–Crippen MR) is 109 cm³/mol. The van der Waals surface area contributed by atoms with Crippen LogP contribution in [0.4, 0.5) is 20.5 Å². The molecule has 31 heavy (non-hydrogen) atoms. The number of aromatic nitrogens is 1. The summed E-state index contributed by atoms with van der Waals surface area (Å²) in [6, 6.07) is 10.8. The fraction of sp³-hybridized carbons (Fsp3) is 0.318. The van der Waals surface area contributed by atoms with Gasteiger partial charge in [0.25, 0.3) is 11.9 Å². The number of esters is 1. The number of nitrogens with one attached hydrogen (secondary N) is 1. The Kier molecular flexibility index (Phi) is 5.83. The van der Waals surface area contributed by atoms with Gasteiger partial charge in [-0.3, -0.25) is 9.59 Å². The van der Waals surface area contributed by atoms with Gasteiger partial charge in [-0.25, -0.2) is 8.78 Å². The van der Waals surface area contributed by atoms with Crippen LogP contribution in [0.2, 0.25) is 0 Å². The van der Waals surface area contributed by atoms with Crippen molar-refractivity contribution in [1.82, 2.24) is 4.98 Å². The summed E-state index contributed by atoms with van der Waals surface area (Å²) in [4.78, 5) is 31.1. The molecule has 0 saturated carbocycles. The van der Waals surface area contributed by atoms with Gasteiger partial charge < -0.3 is 19.4 Å². The Labute approximate surface area is 177 Å². The van der Waals surface area contributed by atoms with Crippen LogP contribution in [0.5, 0.6) is 0 Å². The van der Waals surface area contributed by atoms with E-state index in [0.29, 0.717) is 43.6 Å². The fourth-order valence-electron chi connectivity index (χ4n) is 3.45. The number of halogens is 2. The highest BCUT2D eigenvalue weighted by Gasteiger charge is 2.30. The Morgan fingerprint density at radius 2 is 1.94 bits per heavy atom. The molecule has 1 aliphatic heterocycles. The van der Waals surface area contributed by atoms with Gasteiger partial charge in [0.1, 0.15) is 17.2 Å². The van der Waals surface area contributed by atoms with Crippen molar-refractivity contribution in [2.24, 2.45) is 5.92 Å². The summed E-state index contributed by atoms with van der Waals surface area (Å²) >= 11 is 0. The van der Waals surface area contributed by atoms with E-state index in [2.05, 4.69) is 10.3 Å². The number of amides is 1. The van der Waals surface area contributed by atoms with Gasteiger partial charge in [0.15, 0.2) is 11.7 Å². The summed E-state index contributed by atoms with van der Waals surface area (Å²) in [5, 5.41) is 2.30. The van der Waals surface area contributed by atoms with Crippen LogP contribution in [0.1, 0.15) is 19.8 Å². The Morgan fingerprint density at radius 1 is 1.19 bits per heavy atom. The number of hydrogen-bond donors (Lipinski definition) is 1. The Bertz CT molecular complexity index is 1080. The first kappa shape index (κ1) is 20.8. The average Bonchev–Trinajstić information content (AvgIpc) is 3.20. The van der Waals surface area contributed by atoms with Crippen LogP contribution in [0, 0.1) is 17.6 Å². The molecule has 7 nitrogen and oxygen atoms in total. The first-order valence-corrected chi connectivity index (χ1v) is 9.97. The second kappa shape index (κ2) is 8.71. The smallest absolute Gasteiger partial charge is 0.309 e. The molecule has 1 saturated heterocycles. The average molecular weight is 429 g/mol. The highest BCUT2D eigenvalue weighted by Crippen LogP contribution is 2.27. The van der Waals surface area contributed by atoms with Gasteiger partial charge in [0.05, 0.1) is 11.6 Å². The van der Waals surface area contributed by atoms with Crippen LogP contribution in [-0.2, 0) is 14.3 Å². The van der Waals surface area contributed by atoms with E-state index in [9.17, 15) is 18.4 Å². The third kappa shape index (κ3) is 4.65. The lowest BCUT2D eigenvalue weighted by molar-refractivity contribution is -0.158. The van der Waals surface area contributed by atoms with E-state index in [1.54, 1.807) is 0 Å². The molecule has 0 spiro atoms. The lowest BCUT2D eigenvalue weighted by atomic mass is 9.97. The number of nitrogens with zero attached hydrogens (tertiary/aromatic N) is 2. The maximum absolute atomic E-state index is 13.7. The van der Waals surface area contributed by atoms with Crippen molar-refractivity contribution >= 4 is 34.7 Å². The van der Waals surface area contributed by atoms with E-state index in [0.717, 1.165) is 17.6 Å². The van der Waals surface area contributed by atoms with Crippen LogP contribution < -0.4 is 10.2 Å². The van der Waals surface area contributed by atoms with Crippen LogP contribution in [-0.4, -0.2) is 36.1 Å². The van der Waals surface area contributed by atoms with Gasteiger partial charge in [0, 0.05) is 19.2 Å². The van der Waals surface area contributed by atoms with Gasteiger partial charge in [-0.2, -0.15) is 4.98 Å². The molecule has 3 aromatic rings. The molecule has 1 atom stereocenters. The molecule has 4 rings (SSSR count). The number of anilines is 2. The van der Waals surface area contributed by atoms with E-state index >= 15 is 0 Å². The van der Waals surface area contributed by atoms with Gasteiger partial charge in [-0.1, -0.05) is 12.1 Å². The molecule has 162 valence electrons. The summed E-state index contributed by atoms with van der Waals surface area (Å²) in [6.45, 7) is 2.53. The minimum Gasteiger partial charge on any atom is -0.452 e. The third-order valence-corrected chi connectivity index (χ3v) is 5.23. The zero-order chi connectivity index (χ0) is 22.0. The van der Waals surface area contributed by atoms with Crippen LogP contribution in [0.3, 0.4) is 0 Å². The van der Waals surface area contributed by atoms with Crippen molar-refractivity contribution in [2.45, 2.75) is 25.9 Å². The van der Waals surface area contributed by atoms with E-state index in [4.69, 9.17) is 9.15 Å². The predicted octanol–water partition coefficient (Wildman–Crippen LogP) is 3.89. The topological polar surface area (TPSA) is 84.7 Å². The highest BCUT2D eigenvalue weighted by molar-refractivity contribution is 5.95. The lowest BCUT2D eigenvalue weighted by Crippen LogP contribution is -2.39. The van der Waals surface area contributed by atoms with Gasteiger partial charge >= 0.3 is 5.97 Å². The minimum absolute atomic E-state index is 0.180. The number of rotatable bonds is 5. The molecule has 1 amide bonds. The van der Waals surface area contributed by atoms with Crippen molar-refractivity contribution in [3.05, 3.63) is 54.1 Å². The normalized spacial score (nSPS) is 15.6. The molecule has 2 heterocycles. The number of ether oxygens (including phenoxy) is 1. The first-order valence-electron chi connectivity index (χ1n) is 9.97. The van der Waals surface area contributed by atoms with Crippen molar-refractivity contribution in [3.8, 4) is 0 Å². The van der Waals surface area contributed by atoms with Crippen molar-refractivity contribution < 1.29 is 27.5 Å². The third-order valence-electron chi connectivity index (χ3n) is 5.23. The molecular weight excluding hydrogens is 408 g/mol. The quantitative estimate of drug-likeness (QED) is 0.620.